The van der Waals surface area contributed by atoms with Crippen LogP contribution in [0.3, 0.4) is 0 Å². The summed E-state index contributed by atoms with van der Waals surface area (Å²) in [5.41, 5.74) is 0. The van der Waals surface area contributed by atoms with E-state index in [1.165, 1.54) is 12.5 Å². The molecule has 0 amide bonds. The average molecular weight is 265 g/mol. The number of rotatable bonds is 10. The first-order valence-electron chi connectivity index (χ1n) is 6.59. The molecule has 0 rings (SSSR count). The fourth-order valence-corrected chi connectivity index (χ4v) is 8.45. The summed E-state index contributed by atoms with van der Waals surface area (Å²) < 4.78 is 17.9. The molecule has 0 aliphatic rings. The summed E-state index contributed by atoms with van der Waals surface area (Å²) in [5, 5.41) is 0. The van der Waals surface area contributed by atoms with Crippen molar-refractivity contribution in [1.29, 1.82) is 0 Å². The Kier molecular flexibility index (Phi) is 9.54. The molecular weight excluding hydrogens is 236 g/mol. The Bertz CT molecular complexity index is 150. The number of hydrogen-bond acceptors (Lipinski definition) is 3. The van der Waals surface area contributed by atoms with Crippen molar-refractivity contribution in [2.75, 3.05) is 13.2 Å². The molecule has 0 heterocycles. The van der Waals surface area contributed by atoms with Gasteiger partial charge in [0.25, 0.3) is 0 Å². The van der Waals surface area contributed by atoms with E-state index in [4.69, 9.17) is 13.0 Å². The molecule has 0 saturated heterocycles. The van der Waals surface area contributed by atoms with Gasteiger partial charge in [0.1, 0.15) is 0 Å². The predicted molar refractivity (Wildman–Crippen MR) is 73.3 cm³/mol. The van der Waals surface area contributed by atoms with Crippen molar-refractivity contribution in [2.24, 2.45) is 0 Å². The first-order valence-corrected chi connectivity index (χ1v) is 11.0. The topological polar surface area (TPSA) is 27.7 Å². The van der Waals surface area contributed by atoms with Crippen LogP contribution in [-0.4, -0.2) is 31.1 Å². The molecule has 0 saturated carbocycles. The summed E-state index contributed by atoms with van der Waals surface area (Å²) in [4.78, 5) is 0. The van der Waals surface area contributed by atoms with Crippen LogP contribution in [0.5, 0.6) is 0 Å². The normalized spacial score (nSPS) is 14.1. The summed E-state index contributed by atoms with van der Waals surface area (Å²) in [6.07, 6.45) is 2.27. The molecule has 0 aromatic carbocycles. The van der Waals surface area contributed by atoms with Crippen LogP contribution in [0, 0.1) is 0 Å². The molecule has 0 spiro atoms. The smallest absolute Gasteiger partial charge is 0.418 e. The molecule has 16 heavy (non-hydrogen) atoms. The minimum absolute atomic E-state index is 0.694. The summed E-state index contributed by atoms with van der Waals surface area (Å²) in [6, 6.07) is 2.16. The van der Waals surface area contributed by atoms with Crippen molar-refractivity contribution in [3.05, 3.63) is 0 Å². The molecular formula is C11H28O3Si2. The van der Waals surface area contributed by atoms with Crippen LogP contribution in [0.1, 0.15) is 40.5 Å². The Morgan fingerprint density at radius 3 is 1.88 bits per heavy atom. The quantitative estimate of drug-likeness (QED) is 0.567. The van der Waals surface area contributed by atoms with Crippen LogP contribution in [0.25, 0.3) is 0 Å². The Hall–Kier alpha value is 0.314. The Morgan fingerprint density at radius 2 is 1.50 bits per heavy atom. The van der Waals surface area contributed by atoms with Gasteiger partial charge in [-0.15, -0.1) is 0 Å². The lowest BCUT2D eigenvalue weighted by atomic mass is 10.6. The molecule has 0 aliphatic heterocycles. The minimum Gasteiger partial charge on any atom is -0.418 e. The molecule has 5 heteroatoms. The fraction of sp³-hybridized carbons (Fsp3) is 1.00. The van der Waals surface area contributed by atoms with Gasteiger partial charge in [-0.1, -0.05) is 26.7 Å². The van der Waals surface area contributed by atoms with E-state index in [1.54, 1.807) is 0 Å². The largest absolute Gasteiger partial charge is 0.490 e. The highest BCUT2D eigenvalue weighted by Gasteiger charge is 2.40. The zero-order valence-electron chi connectivity index (χ0n) is 11.5. The molecule has 0 N–H and O–H groups in total. The molecule has 0 aliphatic carbocycles. The summed E-state index contributed by atoms with van der Waals surface area (Å²) in [5.74, 6) is 0. The van der Waals surface area contributed by atoms with Crippen LogP contribution < -0.4 is 0 Å². The van der Waals surface area contributed by atoms with Crippen molar-refractivity contribution in [1.82, 2.24) is 0 Å². The second-order valence-electron chi connectivity index (χ2n) is 4.02. The van der Waals surface area contributed by atoms with Gasteiger partial charge >= 0.3 is 8.80 Å². The third-order valence-corrected chi connectivity index (χ3v) is 9.37. The third kappa shape index (κ3) is 6.15. The van der Waals surface area contributed by atoms with Crippen LogP contribution in [-0.2, 0) is 13.0 Å². The molecule has 0 fully saturated rings. The maximum atomic E-state index is 6.23. The SMILES string of the molecule is CCC[SiH](C)O[Si](CCC)(OCC)OCC. The van der Waals surface area contributed by atoms with Gasteiger partial charge in [0, 0.05) is 19.3 Å². The van der Waals surface area contributed by atoms with Gasteiger partial charge in [0.15, 0.2) is 9.04 Å². The lowest BCUT2D eigenvalue weighted by Gasteiger charge is -2.31. The van der Waals surface area contributed by atoms with Crippen molar-refractivity contribution >= 4 is 17.8 Å². The first kappa shape index (κ1) is 16.3. The van der Waals surface area contributed by atoms with Gasteiger partial charge in [0.05, 0.1) is 0 Å². The Labute approximate surface area is 104 Å². The summed E-state index contributed by atoms with van der Waals surface area (Å²) >= 11 is 0. The van der Waals surface area contributed by atoms with E-state index in [0.717, 1.165) is 12.5 Å². The van der Waals surface area contributed by atoms with E-state index in [0.29, 0.717) is 13.2 Å². The highest BCUT2D eigenvalue weighted by molar-refractivity contribution is 6.70. The Morgan fingerprint density at radius 1 is 0.938 bits per heavy atom. The van der Waals surface area contributed by atoms with Crippen molar-refractivity contribution < 1.29 is 13.0 Å². The van der Waals surface area contributed by atoms with Crippen LogP contribution in [0.2, 0.25) is 18.6 Å². The van der Waals surface area contributed by atoms with Gasteiger partial charge in [-0.2, -0.15) is 0 Å². The second kappa shape index (κ2) is 9.35. The number of hydrogen-bond donors (Lipinski definition) is 0. The van der Waals surface area contributed by atoms with Gasteiger partial charge in [-0.05, 0) is 26.4 Å². The molecule has 1 unspecified atom stereocenters. The molecule has 0 bridgehead atoms. The van der Waals surface area contributed by atoms with Gasteiger partial charge in [0.2, 0.25) is 0 Å². The molecule has 0 aromatic heterocycles. The molecule has 3 nitrogen and oxygen atoms in total. The zero-order chi connectivity index (χ0) is 12.4. The molecule has 0 radical (unpaired) electrons. The second-order valence-corrected chi connectivity index (χ2v) is 9.60. The third-order valence-electron chi connectivity index (χ3n) is 2.36. The first-order chi connectivity index (χ1) is 7.64. The molecule has 98 valence electrons. The molecule has 1 atom stereocenters. The summed E-state index contributed by atoms with van der Waals surface area (Å²) in [6.45, 7) is 12.0. The Balaban J connectivity index is 4.44. The van der Waals surface area contributed by atoms with Gasteiger partial charge < -0.3 is 13.0 Å². The van der Waals surface area contributed by atoms with Crippen LogP contribution in [0.4, 0.5) is 0 Å². The minimum atomic E-state index is -2.33. The predicted octanol–water partition coefficient (Wildman–Crippen LogP) is 3.19. The molecule has 0 aromatic rings. The van der Waals surface area contributed by atoms with E-state index in [9.17, 15) is 0 Å². The maximum absolute atomic E-state index is 6.23. The lowest BCUT2D eigenvalue weighted by molar-refractivity contribution is 0.116. The van der Waals surface area contributed by atoms with Crippen molar-refractivity contribution in [2.45, 2.75) is 59.2 Å². The standard InChI is InChI=1S/C11H28O3Si2/c1-6-10-15(5)14-16(11-7-2,12-8-3)13-9-4/h15H,6-11H2,1-5H3. The maximum Gasteiger partial charge on any atom is 0.490 e. The summed E-state index contributed by atoms with van der Waals surface area (Å²) in [7, 11) is -3.44. The van der Waals surface area contributed by atoms with Crippen molar-refractivity contribution in [3.8, 4) is 0 Å². The van der Waals surface area contributed by atoms with E-state index in [1.807, 2.05) is 13.8 Å². The van der Waals surface area contributed by atoms with Crippen LogP contribution >= 0.6 is 0 Å². The van der Waals surface area contributed by atoms with E-state index >= 15 is 0 Å². The lowest BCUT2D eigenvalue weighted by Crippen LogP contribution is -2.49. The van der Waals surface area contributed by atoms with E-state index in [-0.39, 0.29) is 0 Å². The van der Waals surface area contributed by atoms with E-state index in [2.05, 4.69) is 20.4 Å². The fourth-order valence-electron chi connectivity index (χ4n) is 1.83. The van der Waals surface area contributed by atoms with Crippen molar-refractivity contribution in [3.63, 3.8) is 0 Å². The van der Waals surface area contributed by atoms with Gasteiger partial charge in [-0.25, -0.2) is 0 Å². The highest BCUT2D eigenvalue weighted by Crippen LogP contribution is 2.20. The monoisotopic (exact) mass is 264 g/mol. The van der Waals surface area contributed by atoms with Gasteiger partial charge in [-0.3, -0.25) is 0 Å². The highest BCUT2D eigenvalue weighted by atomic mass is 28.4. The van der Waals surface area contributed by atoms with E-state index < -0.39 is 17.8 Å². The van der Waals surface area contributed by atoms with Crippen LogP contribution in [0.15, 0.2) is 0 Å². The average Bonchev–Trinajstić information content (AvgIpc) is 2.18. The zero-order valence-corrected chi connectivity index (χ0v) is 13.7.